The molecule has 0 N–H and O–H groups in total. The lowest BCUT2D eigenvalue weighted by Gasteiger charge is -2.13. The van der Waals surface area contributed by atoms with Gasteiger partial charge in [-0.25, -0.2) is 0 Å². The van der Waals surface area contributed by atoms with E-state index in [4.69, 9.17) is 11.6 Å². The van der Waals surface area contributed by atoms with Crippen LogP contribution in [-0.2, 0) is 11.2 Å². The van der Waals surface area contributed by atoms with Gasteiger partial charge in [0.15, 0.2) is 5.78 Å². The topological polar surface area (TPSA) is 34.1 Å². The van der Waals surface area contributed by atoms with Crippen LogP contribution in [0.15, 0.2) is 46.9 Å². The largest absolute Gasteiger partial charge is 0.417 e. The summed E-state index contributed by atoms with van der Waals surface area (Å²) in [7, 11) is 0. The van der Waals surface area contributed by atoms with Crippen LogP contribution in [0.3, 0.4) is 0 Å². The first-order valence-corrected chi connectivity index (χ1v) is 10.6. The fourth-order valence-electron chi connectivity index (χ4n) is 3.02. The van der Waals surface area contributed by atoms with Crippen LogP contribution in [0.5, 0.6) is 0 Å². The van der Waals surface area contributed by atoms with Gasteiger partial charge < -0.3 is 0 Å². The van der Waals surface area contributed by atoms with E-state index in [0.717, 1.165) is 6.42 Å². The number of hydrogen-bond donors (Lipinski definition) is 0. The van der Waals surface area contributed by atoms with Crippen LogP contribution in [0.25, 0.3) is 5.57 Å². The molecule has 0 radical (unpaired) electrons. The van der Waals surface area contributed by atoms with Crippen molar-refractivity contribution < 1.29 is 22.8 Å². The minimum Gasteiger partial charge on any atom is -0.300 e. The molecular formula is C23H21BrClF3O2. The highest BCUT2D eigenvalue weighted by Gasteiger charge is 2.35. The predicted octanol–water partition coefficient (Wildman–Crippen LogP) is 7.54. The normalized spacial score (nSPS) is 12.2. The van der Waals surface area contributed by atoms with Crippen LogP contribution in [0.2, 0.25) is 5.02 Å². The SMILES string of the molecule is CCCC(=O)CCc1ccc(C(=O)C=C(c2cc(C)cc(Br)c2)C(F)(F)F)cc1Cl. The third-order valence-corrected chi connectivity index (χ3v) is 5.28. The Morgan fingerprint density at radius 1 is 1.07 bits per heavy atom. The van der Waals surface area contributed by atoms with Gasteiger partial charge in [0.05, 0.1) is 5.57 Å². The average molecular weight is 502 g/mol. The molecular weight excluding hydrogens is 481 g/mol. The Kier molecular flexibility index (Phi) is 8.44. The lowest BCUT2D eigenvalue weighted by atomic mass is 9.98. The van der Waals surface area contributed by atoms with Crippen molar-refractivity contribution in [2.45, 2.75) is 45.7 Å². The maximum Gasteiger partial charge on any atom is 0.417 e. The molecule has 0 atom stereocenters. The van der Waals surface area contributed by atoms with Crippen LogP contribution < -0.4 is 0 Å². The van der Waals surface area contributed by atoms with Gasteiger partial charge in [-0.3, -0.25) is 9.59 Å². The number of alkyl halides is 3. The number of rotatable bonds is 8. The second-order valence-electron chi connectivity index (χ2n) is 7.03. The molecule has 0 amide bonds. The monoisotopic (exact) mass is 500 g/mol. The Balaban J connectivity index is 2.31. The summed E-state index contributed by atoms with van der Waals surface area (Å²) in [4.78, 5) is 24.2. The smallest absolute Gasteiger partial charge is 0.300 e. The fourth-order valence-corrected chi connectivity index (χ4v) is 3.90. The van der Waals surface area contributed by atoms with Crippen molar-refractivity contribution >= 4 is 44.7 Å². The second kappa shape index (κ2) is 10.4. The summed E-state index contributed by atoms with van der Waals surface area (Å²) in [5, 5.41) is 0.255. The van der Waals surface area contributed by atoms with Crippen molar-refractivity contribution in [2.24, 2.45) is 0 Å². The van der Waals surface area contributed by atoms with Crippen LogP contribution in [0, 0.1) is 6.92 Å². The summed E-state index contributed by atoms with van der Waals surface area (Å²) >= 11 is 9.40. The standard InChI is InChI=1S/C23H21BrClF3O2/c1-3-4-19(29)8-7-15-5-6-16(12-21(15)25)22(30)13-20(23(26,27)28)17-9-14(2)10-18(24)11-17/h5-6,9-13H,3-4,7-8H2,1-2H3. The molecule has 0 aliphatic heterocycles. The number of benzene rings is 2. The van der Waals surface area contributed by atoms with Gasteiger partial charge >= 0.3 is 6.18 Å². The van der Waals surface area contributed by atoms with Crippen molar-refractivity contribution in [3.05, 3.63) is 74.2 Å². The molecule has 0 fully saturated rings. The quantitative estimate of drug-likeness (QED) is 0.276. The Hall–Kier alpha value is -1.92. The zero-order valence-corrected chi connectivity index (χ0v) is 18.9. The predicted molar refractivity (Wildman–Crippen MR) is 117 cm³/mol. The van der Waals surface area contributed by atoms with Gasteiger partial charge in [-0.1, -0.05) is 52.7 Å². The van der Waals surface area contributed by atoms with Gasteiger partial charge in [0.1, 0.15) is 5.78 Å². The molecule has 0 aliphatic carbocycles. The third kappa shape index (κ3) is 6.81. The summed E-state index contributed by atoms with van der Waals surface area (Å²) in [6.07, 6.45) is -2.09. The van der Waals surface area contributed by atoms with Crippen molar-refractivity contribution in [1.29, 1.82) is 0 Å². The van der Waals surface area contributed by atoms with Crippen LogP contribution >= 0.6 is 27.5 Å². The third-order valence-electron chi connectivity index (χ3n) is 4.47. The first-order valence-electron chi connectivity index (χ1n) is 9.42. The van der Waals surface area contributed by atoms with E-state index in [1.165, 1.54) is 24.3 Å². The Morgan fingerprint density at radius 3 is 2.33 bits per heavy atom. The molecule has 2 nitrogen and oxygen atoms in total. The highest BCUT2D eigenvalue weighted by Crippen LogP contribution is 2.36. The molecule has 2 rings (SSSR count). The number of halogens is 5. The van der Waals surface area contributed by atoms with E-state index in [1.54, 1.807) is 19.1 Å². The molecule has 0 saturated carbocycles. The molecule has 0 unspecified atom stereocenters. The molecule has 7 heteroatoms. The molecule has 2 aromatic rings. The molecule has 0 saturated heterocycles. The molecule has 30 heavy (non-hydrogen) atoms. The van der Waals surface area contributed by atoms with Gasteiger partial charge in [0.2, 0.25) is 0 Å². The number of hydrogen-bond acceptors (Lipinski definition) is 2. The van der Waals surface area contributed by atoms with E-state index >= 15 is 0 Å². The molecule has 0 spiro atoms. The molecule has 0 bridgehead atoms. The summed E-state index contributed by atoms with van der Waals surface area (Å²) in [6.45, 7) is 3.59. The second-order valence-corrected chi connectivity index (χ2v) is 8.36. The van der Waals surface area contributed by atoms with Crippen LogP contribution in [0.1, 0.15) is 53.2 Å². The highest BCUT2D eigenvalue weighted by atomic mass is 79.9. The lowest BCUT2D eigenvalue weighted by Crippen LogP contribution is -2.13. The molecule has 160 valence electrons. The van der Waals surface area contributed by atoms with Gasteiger partial charge in [0.25, 0.3) is 0 Å². The number of ketones is 2. The number of Topliss-reactive ketones (excluding diaryl/α,β-unsaturated/α-hetero) is 1. The molecule has 2 aromatic carbocycles. The van der Waals surface area contributed by atoms with Crippen molar-refractivity contribution in [3.8, 4) is 0 Å². The molecule has 0 aromatic heterocycles. The minimum atomic E-state index is -4.70. The maximum atomic E-state index is 13.6. The average Bonchev–Trinajstić information content (AvgIpc) is 2.63. The van der Waals surface area contributed by atoms with E-state index < -0.39 is 17.5 Å². The van der Waals surface area contributed by atoms with Crippen LogP contribution in [-0.4, -0.2) is 17.7 Å². The van der Waals surface area contributed by atoms with Crippen LogP contribution in [0.4, 0.5) is 13.2 Å². The minimum absolute atomic E-state index is 0.0529. The van der Waals surface area contributed by atoms with E-state index in [9.17, 15) is 22.8 Å². The number of carbonyl (C=O) groups excluding carboxylic acids is 2. The number of carbonyl (C=O) groups is 2. The maximum absolute atomic E-state index is 13.6. The van der Waals surface area contributed by atoms with Gasteiger partial charge in [-0.2, -0.15) is 13.2 Å². The van der Waals surface area contributed by atoms with Crippen molar-refractivity contribution in [1.82, 2.24) is 0 Å². The fraction of sp³-hybridized carbons (Fsp3) is 0.304. The molecule has 0 heterocycles. The van der Waals surface area contributed by atoms with Gasteiger partial charge in [-0.05, 0) is 60.7 Å². The van der Waals surface area contributed by atoms with Gasteiger partial charge in [-0.15, -0.1) is 0 Å². The zero-order valence-electron chi connectivity index (χ0n) is 16.6. The summed E-state index contributed by atoms with van der Waals surface area (Å²) in [5.74, 6) is -0.675. The van der Waals surface area contributed by atoms with E-state index in [1.807, 2.05) is 6.92 Å². The summed E-state index contributed by atoms with van der Waals surface area (Å²) < 4.78 is 41.4. The lowest BCUT2D eigenvalue weighted by molar-refractivity contribution is -0.119. The van der Waals surface area contributed by atoms with E-state index in [0.29, 0.717) is 40.9 Å². The summed E-state index contributed by atoms with van der Waals surface area (Å²) in [6, 6.07) is 8.75. The highest BCUT2D eigenvalue weighted by molar-refractivity contribution is 9.10. The Bertz CT molecular complexity index is 961. The van der Waals surface area contributed by atoms with Crippen molar-refractivity contribution in [2.75, 3.05) is 0 Å². The number of allylic oxidation sites excluding steroid dienone is 2. The molecule has 0 aliphatic rings. The summed E-state index contributed by atoms with van der Waals surface area (Å²) in [5.41, 5.74) is 0.242. The Labute approximate surface area is 187 Å². The number of aryl methyl sites for hydroxylation is 2. The van der Waals surface area contributed by atoms with E-state index in [2.05, 4.69) is 15.9 Å². The Morgan fingerprint density at radius 2 is 1.77 bits per heavy atom. The first-order chi connectivity index (χ1) is 14.0. The first kappa shape index (κ1) is 24.4. The van der Waals surface area contributed by atoms with E-state index in [-0.39, 0.29) is 21.9 Å². The van der Waals surface area contributed by atoms with Crippen molar-refractivity contribution in [3.63, 3.8) is 0 Å². The van der Waals surface area contributed by atoms with Gasteiger partial charge in [0, 0.05) is 27.9 Å². The zero-order chi connectivity index (χ0) is 22.5.